The molecule has 0 amide bonds. The summed E-state index contributed by atoms with van der Waals surface area (Å²) >= 11 is 0. The van der Waals surface area contributed by atoms with E-state index in [-0.39, 0.29) is 11.8 Å². The monoisotopic (exact) mass is 182 g/mol. The molecule has 4 nitrogen and oxygen atoms in total. The van der Waals surface area contributed by atoms with Crippen molar-refractivity contribution in [2.45, 2.75) is 6.04 Å². The first-order valence-corrected chi connectivity index (χ1v) is 4.01. The Kier molecular flexibility index (Phi) is 3.11. The molecule has 0 spiro atoms. The number of rotatable bonds is 3. The van der Waals surface area contributed by atoms with Crippen LogP contribution in [0.4, 0.5) is 0 Å². The number of benzene rings is 1. The van der Waals surface area contributed by atoms with Crippen LogP contribution in [0.3, 0.4) is 0 Å². The first-order valence-electron chi connectivity index (χ1n) is 4.01. The van der Waals surface area contributed by atoms with Gasteiger partial charge in [0.1, 0.15) is 11.5 Å². The van der Waals surface area contributed by atoms with Crippen molar-refractivity contribution >= 4 is 0 Å². The minimum Gasteiger partial charge on any atom is -0.508 e. The Hall–Kier alpha value is -1.26. The van der Waals surface area contributed by atoms with Gasteiger partial charge in [-0.1, -0.05) is 0 Å². The van der Waals surface area contributed by atoms with Crippen molar-refractivity contribution in [3.05, 3.63) is 23.8 Å². The second-order valence-electron chi connectivity index (χ2n) is 2.77. The Balaban J connectivity index is 3.07. The van der Waals surface area contributed by atoms with Crippen molar-refractivity contribution < 1.29 is 9.84 Å². The highest BCUT2D eigenvalue weighted by molar-refractivity contribution is 5.41. The molecule has 1 aromatic carbocycles. The zero-order valence-corrected chi connectivity index (χ0v) is 7.53. The summed E-state index contributed by atoms with van der Waals surface area (Å²) in [5, 5.41) is 9.23. The highest BCUT2D eigenvalue weighted by Crippen LogP contribution is 2.26. The van der Waals surface area contributed by atoms with Gasteiger partial charge < -0.3 is 21.3 Å². The van der Waals surface area contributed by atoms with Crippen molar-refractivity contribution in [1.82, 2.24) is 0 Å². The topological polar surface area (TPSA) is 81.5 Å². The lowest BCUT2D eigenvalue weighted by molar-refractivity contribution is 0.403. The standard InChI is InChI=1S/C9H14N2O2/c1-13-9-3-2-6(12)4-7(9)8(11)5-10/h2-4,8,12H,5,10-11H2,1H3/t8-/m1/s1. The van der Waals surface area contributed by atoms with Crippen LogP contribution in [0.25, 0.3) is 0 Å². The number of hydrogen-bond donors (Lipinski definition) is 3. The molecule has 4 heteroatoms. The molecule has 1 aromatic rings. The maximum atomic E-state index is 9.23. The van der Waals surface area contributed by atoms with Crippen LogP contribution in [0.2, 0.25) is 0 Å². The fraction of sp³-hybridized carbons (Fsp3) is 0.333. The summed E-state index contributed by atoms with van der Waals surface area (Å²) in [5.74, 6) is 0.815. The third-order valence-corrected chi connectivity index (χ3v) is 1.87. The molecule has 1 rings (SSSR count). The lowest BCUT2D eigenvalue weighted by Gasteiger charge is -2.13. The molecule has 1 atom stereocenters. The van der Waals surface area contributed by atoms with E-state index in [1.165, 1.54) is 0 Å². The smallest absolute Gasteiger partial charge is 0.123 e. The molecule has 0 radical (unpaired) electrons. The first kappa shape index (κ1) is 9.83. The number of methoxy groups -OCH3 is 1. The number of nitrogens with two attached hydrogens (primary N) is 2. The lowest BCUT2D eigenvalue weighted by Crippen LogP contribution is -2.21. The average Bonchev–Trinajstić information content (AvgIpc) is 2.16. The Morgan fingerprint density at radius 3 is 2.77 bits per heavy atom. The van der Waals surface area contributed by atoms with Gasteiger partial charge in [0, 0.05) is 18.2 Å². The number of hydrogen-bond acceptors (Lipinski definition) is 4. The molecule has 0 heterocycles. The molecular formula is C9H14N2O2. The molecule has 0 aliphatic rings. The van der Waals surface area contributed by atoms with Gasteiger partial charge in [0.15, 0.2) is 0 Å². The van der Waals surface area contributed by atoms with Gasteiger partial charge in [-0.25, -0.2) is 0 Å². The van der Waals surface area contributed by atoms with Gasteiger partial charge >= 0.3 is 0 Å². The van der Waals surface area contributed by atoms with Crippen LogP contribution < -0.4 is 16.2 Å². The predicted octanol–water partition coefficient (Wildman–Crippen LogP) is 0.359. The van der Waals surface area contributed by atoms with E-state index in [0.29, 0.717) is 12.3 Å². The number of phenols is 1. The van der Waals surface area contributed by atoms with Crippen molar-refractivity contribution in [1.29, 1.82) is 0 Å². The van der Waals surface area contributed by atoms with Crippen LogP contribution in [0.1, 0.15) is 11.6 Å². The van der Waals surface area contributed by atoms with Crippen molar-refractivity contribution in [2.24, 2.45) is 11.5 Å². The van der Waals surface area contributed by atoms with Gasteiger partial charge in [-0.15, -0.1) is 0 Å². The zero-order chi connectivity index (χ0) is 9.84. The maximum absolute atomic E-state index is 9.23. The lowest BCUT2D eigenvalue weighted by atomic mass is 10.1. The van der Waals surface area contributed by atoms with Crippen LogP contribution in [-0.4, -0.2) is 18.8 Å². The SMILES string of the molecule is COc1ccc(O)cc1[C@H](N)CN. The van der Waals surface area contributed by atoms with Crippen molar-refractivity contribution in [3.8, 4) is 11.5 Å². The van der Waals surface area contributed by atoms with Crippen LogP contribution in [0, 0.1) is 0 Å². The normalized spacial score (nSPS) is 12.5. The molecule has 72 valence electrons. The highest BCUT2D eigenvalue weighted by Gasteiger charge is 2.10. The van der Waals surface area contributed by atoms with Crippen LogP contribution in [-0.2, 0) is 0 Å². The molecule has 0 saturated heterocycles. The average molecular weight is 182 g/mol. The highest BCUT2D eigenvalue weighted by atomic mass is 16.5. The predicted molar refractivity (Wildman–Crippen MR) is 50.6 cm³/mol. The Bertz CT molecular complexity index is 289. The van der Waals surface area contributed by atoms with E-state index in [1.807, 2.05) is 0 Å². The molecule has 0 unspecified atom stereocenters. The van der Waals surface area contributed by atoms with E-state index in [0.717, 1.165) is 5.56 Å². The van der Waals surface area contributed by atoms with Crippen LogP contribution >= 0.6 is 0 Å². The number of aromatic hydroxyl groups is 1. The molecule has 0 saturated carbocycles. The largest absolute Gasteiger partial charge is 0.508 e. The molecule has 13 heavy (non-hydrogen) atoms. The van der Waals surface area contributed by atoms with Crippen LogP contribution in [0.5, 0.6) is 11.5 Å². The second kappa shape index (κ2) is 4.11. The van der Waals surface area contributed by atoms with E-state index < -0.39 is 0 Å². The maximum Gasteiger partial charge on any atom is 0.123 e. The summed E-state index contributed by atoms with van der Waals surface area (Å²) in [4.78, 5) is 0. The van der Waals surface area contributed by atoms with Crippen LogP contribution in [0.15, 0.2) is 18.2 Å². The van der Waals surface area contributed by atoms with E-state index in [1.54, 1.807) is 25.3 Å². The van der Waals surface area contributed by atoms with Gasteiger partial charge in [0.2, 0.25) is 0 Å². The fourth-order valence-electron chi connectivity index (χ4n) is 1.14. The number of phenolic OH excluding ortho intramolecular Hbond substituents is 1. The molecule has 0 bridgehead atoms. The third kappa shape index (κ3) is 2.11. The summed E-state index contributed by atoms with van der Waals surface area (Å²) in [6, 6.07) is 4.48. The minimum absolute atomic E-state index is 0.166. The number of ether oxygens (including phenoxy) is 1. The van der Waals surface area contributed by atoms with Gasteiger partial charge in [0.05, 0.1) is 7.11 Å². The van der Waals surface area contributed by atoms with Gasteiger partial charge in [-0.2, -0.15) is 0 Å². The van der Waals surface area contributed by atoms with Crippen molar-refractivity contribution in [2.75, 3.05) is 13.7 Å². The minimum atomic E-state index is -0.304. The molecular weight excluding hydrogens is 168 g/mol. The molecule has 0 aliphatic carbocycles. The molecule has 5 N–H and O–H groups in total. The quantitative estimate of drug-likeness (QED) is 0.630. The third-order valence-electron chi connectivity index (χ3n) is 1.87. The summed E-state index contributed by atoms with van der Waals surface area (Å²) in [6.45, 7) is 0.319. The van der Waals surface area contributed by atoms with Gasteiger partial charge in [-0.05, 0) is 18.2 Å². The Morgan fingerprint density at radius 1 is 1.54 bits per heavy atom. The van der Waals surface area contributed by atoms with Gasteiger partial charge in [0.25, 0.3) is 0 Å². The molecule has 0 aromatic heterocycles. The first-order chi connectivity index (χ1) is 6.19. The van der Waals surface area contributed by atoms with E-state index in [9.17, 15) is 5.11 Å². The summed E-state index contributed by atoms with van der Waals surface area (Å²) in [5.41, 5.74) is 11.9. The molecule has 0 aliphatic heterocycles. The van der Waals surface area contributed by atoms with E-state index >= 15 is 0 Å². The Morgan fingerprint density at radius 2 is 2.23 bits per heavy atom. The molecule has 0 fully saturated rings. The summed E-state index contributed by atoms with van der Waals surface area (Å²) in [6.07, 6.45) is 0. The second-order valence-corrected chi connectivity index (χ2v) is 2.77. The fourth-order valence-corrected chi connectivity index (χ4v) is 1.14. The summed E-state index contributed by atoms with van der Waals surface area (Å²) in [7, 11) is 1.55. The Labute approximate surface area is 77.1 Å². The van der Waals surface area contributed by atoms with E-state index in [2.05, 4.69) is 0 Å². The summed E-state index contributed by atoms with van der Waals surface area (Å²) < 4.78 is 5.08. The van der Waals surface area contributed by atoms with E-state index in [4.69, 9.17) is 16.2 Å². The van der Waals surface area contributed by atoms with Gasteiger partial charge in [-0.3, -0.25) is 0 Å². The van der Waals surface area contributed by atoms with Crippen molar-refractivity contribution in [3.63, 3.8) is 0 Å². The zero-order valence-electron chi connectivity index (χ0n) is 7.53.